The average Bonchev–Trinajstić information content (AvgIpc) is 2.59. The van der Waals surface area contributed by atoms with Crippen LogP contribution in [-0.4, -0.2) is 51.9 Å². The van der Waals surface area contributed by atoms with E-state index in [9.17, 15) is 13.2 Å². The fourth-order valence-electron chi connectivity index (χ4n) is 3.12. The van der Waals surface area contributed by atoms with Gasteiger partial charge in [-0.2, -0.15) is 0 Å². The zero-order valence-corrected chi connectivity index (χ0v) is 16.9. The zero-order chi connectivity index (χ0) is 18.4. The number of nitrogens with zero attached hydrogens (tertiary/aromatic N) is 1. The van der Waals surface area contributed by atoms with Gasteiger partial charge in [0.25, 0.3) is 0 Å². The van der Waals surface area contributed by atoms with E-state index in [1.54, 1.807) is 12.1 Å². The van der Waals surface area contributed by atoms with Gasteiger partial charge >= 0.3 is 0 Å². The number of hydrogen-bond donors (Lipinski definition) is 3. The topological polar surface area (TPSA) is 105 Å². The van der Waals surface area contributed by atoms with E-state index >= 15 is 0 Å². The first-order valence-electron chi connectivity index (χ1n) is 8.63. The maximum Gasteiger partial charge on any atom is 0.241 e. The van der Waals surface area contributed by atoms with Crippen LogP contribution in [0.2, 0.25) is 0 Å². The minimum Gasteiger partial charge on any atom is -0.325 e. The number of carbonyl (C=O) groups excluding carboxylic acids is 1. The third-order valence-electron chi connectivity index (χ3n) is 4.83. The highest BCUT2D eigenvalue weighted by Gasteiger charge is 2.26. The molecule has 0 aromatic heterocycles. The number of primary sulfonamides is 1. The number of likely N-dealkylation sites (tertiary alicyclic amines) is 1. The first kappa shape index (κ1) is 22.9. The number of sulfonamides is 1. The highest BCUT2D eigenvalue weighted by molar-refractivity contribution is 7.89. The first-order chi connectivity index (χ1) is 11.8. The van der Waals surface area contributed by atoms with E-state index < -0.39 is 10.0 Å². The molecule has 1 aliphatic rings. The largest absolute Gasteiger partial charge is 0.325 e. The Hall–Kier alpha value is -1.19. The summed E-state index contributed by atoms with van der Waals surface area (Å²) in [5, 5.41) is 11.1. The van der Waals surface area contributed by atoms with Crippen molar-refractivity contribution in [3.05, 3.63) is 24.3 Å². The lowest BCUT2D eigenvalue weighted by atomic mass is 9.93. The third kappa shape index (κ3) is 6.51. The number of piperidine rings is 1. The second-order valence-electron chi connectivity index (χ2n) is 6.61. The summed E-state index contributed by atoms with van der Waals surface area (Å²) in [4.78, 5) is 14.7. The van der Waals surface area contributed by atoms with Crippen molar-refractivity contribution in [2.24, 2.45) is 11.1 Å². The molecule has 0 radical (unpaired) electrons. The van der Waals surface area contributed by atoms with Crippen molar-refractivity contribution in [3.63, 3.8) is 0 Å². The molecule has 1 amide bonds. The van der Waals surface area contributed by atoms with Crippen LogP contribution in [0.4, 0.5) is 5.69 Å². The Morgan fingerprint density at radius 2 is 1.85 bits per heavy atom. The lowest BCUT2D eigenvalue weighted by Gasteiger charge is -2.35. The van der Waals surface area contributed by atoms with Gasteiger partial charge in [0.05, 0.1) is 10.9 Å². The number of anilines is 1. The van der Waals surface area contributed by atoms with Gasteiger partial charge in [-0.3, -0.25) is 9.69 Å². The molecule has 1 heterocycles. The van der Waals surface area contributed by atoms with Crippen LogP contribution in [0.3, 0.4) is 0 Å². The minimum atomic E-state index is -3.72. The van der Waals surface area contributed by atoms with Crippen molar-refractivity contribution in [1.82, 2.24) is 10.2 Å². The van der Waals surface area contributed by atoms with Gasteiger partial charge in [0.1, 0.15) is 0 Å². The maximum absolute atomic E-state index is 12.4. The van der Waals surface area contributed by atoms with Gasteiger partial charge in [0.2, 0.25) is 15.9 Å². The van der Waals surface area contributed by atoms with Gasteiger partial charge < -0.3 is 10.6 Å². The molecule has 4 N–H and O–H groups in total. The van der Waals surface area contributed by atoms with E-state index in [4.69, 9.17) is 5.14 Å². The van der Waals surface area contributed by atoms with Crippen LogP contribution in [0.5, 0.6) is 0 Å². The Morgan fingerprint density at radius 3 is 2.35 bits per heavy atom. The van der Waals surface area contributed by atoms with E-state index in [0.717, 1.165) is 38.4 Å². The molecule has 0 saturated carbocycles. The second kappa shape index (κ2) is 10.2. The molecule has 0 spiro atoms. The molecule has 7 nitrogen and oxygen atoms in total. The summed E-state index contributed by atoms with van der Waals surface area (Å²) >= 11 is 0. The molecule has 1 fully saturated rings. The fourth-order valence-corrected chi connectivity index (χ4v) is 3.63. The highest BCUT2D eigenvalue weighted by atomic mass is 35.5. The van der Waals surface area contributed by atoms with Crippen molar-refractivity contribution >= 4 is 34.0 Å². The molecule has 1 saturated heterocycles. The lowest BCUT2D eigenvalue weighted by molar-refractivity contribution is -0.121. The molecule has 0 bridgehead atoms. The zero-order valence-electron chi connectivity index (χ0n) is 15.3. The molecule has 148 valence electrons. The quantitative estimate of drug-likeness (QED) is 0.637. The molecule has 1 aliphatic heterocycles. The maximum atomic E-state index is 12.4. The number of hydrogen-bond acceptors (Lipinski definition) is 5. The van der Waals surface area contributed by atoms with Crippen LogP contribution >= 0.6 is 12.4 Å². The molecule has 9 heteroatoms. The Bertz CT molecular complexity index is 674. The van der Waals surface area contributed by atoms with E-state index in [2.05, 4.69) is 15.5 Å². The molecular formula is C17H29ClN4O3S. The third-order valence-corrected chi connectivity index (χ3v) is 5.76. The van der Waals surface area contributed by atoms with Crippen LogP contribution < -0.4 is 15.8 Å². The molecule has 1 aromatic carbocycles. The SMILES string of the molecule is CNCCC1CCN(C(C)C(=O)Nc2ccc(S(N)(=O)=O)cc2)CC1.Cl. The Morgan fingerprint density at radius 1 is 1.27 bits per heavy atom. The van der Waals surface area contributed by atoms with E-state index in [1.165, 1.54) is 18.6 Å². The smallest absolute Gasteiger partial charge is 0.241 e. The average molecular weight is 405 g/mol. The summed E-state index contributed by atoms with van der Waals surface area (Å²) in [5.41, 5.74) is 0.563. The number of carbonyl (C=O) groups is 1. The van der Waals surface area contributed by atoms with Crippen LogP contribution in [0.1, 0.15) is 26.2 Å². The number of rotatable bonds is 7. The van der Waals surface area contributed by atoms with E-state index in [-0.39, 0.29) is 29.3 Å². The number of nitrogens with one attached hydrogen (secondary N) is 2. The van der Waals surface area contributed by atoms with E-state index in [0.29, 0.717) is 5.69 Å². The summed E-state index contributed by atoms with van der Waals surface area (Å²) in [6.45, 7) is 4.79. The van der Waals surface area contributed by atoms with Gasteiger partial charge in [-0.05, 0) is 83.1 Å². The summed E-state index contributed by atoms with van der Waals surface area (Å²) in [6.07, 6.45) is 3.41. The van der Waals surface area contributed by atoms with Crippen molar-refractivity contribution < 1.29 is 13.2 Å². The number of halogens is 1. The number of benzene rings is 1. The standard InChI is InChI=1S/C17H28N4O3S.ClH/c1-13(21-11-8-14(9-12-21)7-10-19-2)17(22)20-15-3-5-16(6-4-15)25(18,23)24;/h3-6,13-14,19H,7-12H2,1-2H3,(H,20,22)(H2,18,23,24);1H. The summed E-state index contributed by atoms with van der Waals surface area (Å²) in [6, 6.07) is 5.66. The lowest BCUT2D eigenvalue weighted by Crippen LogP contribution is -2.46. The first-order valence-corrected chi connectivity index (χ1v) is 10.2. The fraction of sp³-hybridized carbons (Fsp3) is 0.588. The van der Waals surface area contributed by atoms with Gasteiger partial charge in [0.15, 0.2) is 0 Å². The molecular weight excluding hydrogens is 376 g/mol. The molecule has 1 unspecified atom stereocenters. The number of nitrogens with two attached hydrogens (primary N) is 1. The van der Waals surface area contributed by atoms with E-state index in [1.807, 2.05) is 14.0 Å². The predicted molar refractivity (Wildman–Crippen MR) is 106 cm³/mol. The van der Waals surface area contributed by atoms with Gasteiger partial charge in [-0.15, -0.1) is 12.4 Å². The van der Waals surface area contributed by atoms with Crippen molar-refractivity contribution in [2.75, 3.05) is 32.0 Å². The summed E-state index contributed by atoms with van der Waals surface area (Å²) in [7, 11) is -1.75. The highest BCUT2D eigenvalue weighted by Crippen LogP contribution is 2.22. The van der Waals surface area contributed by atoms with Crippen LogP contribution in [-0.2, 0) is 14.8 Å². The van der Waals surface area contributed by atoms with Crippen molar-refractivity contribution in [1.29, 1.82) is 0 Å². The van der Waals surface area contributed by atoms with Gasteiger partial charge in [0, 0.05) is 5.69 Å². The molecule has 1 aromatic rings. The van der Waals surface area contributed by atoms with Gasteiger partial charge in [-0.1, -0.05) is 0 Å². The van der Waals surface area contributed by atoms with Crippen molar-refractivity contribution in [2.45, 2.75) is 37.1 Å². The van der Waals surface area contributed by atoms with Crippen LogP contribution in [0, 0.1) is 5.92 Å². The van der Waals surface area contributed by atoms with Crippen LogP contribution in [0.25, 0.3) is 0 Å². The van der Waals surface area contributed by atoms with Crippen LogP contribution in [0.15, 0.2) is 29.2 Å². The normalized spacial score (nSPS) is 17.3. The van der Waals surface area contributed by atoms with Crippen molar-refractivity contribution in [3.8, 4) is 0 Å². The summed E-state index contributed by atoms with van der Waals surface area (Å²) < 4.78 is 22.5. The number of amides is 1. The Kier molecular flexibility index (Phi) is 8.99. The molecule has 1 atom stereocenters. The summed E-state index contributed by atoms with van der Waals surface area (Å²) in [5.74, 6) is 0.641. The Balaban J connectivity index is 0.00000338. The monoisotopic (exact) mass is 404 g/mol. The predicted octanol–water partition coefficient (Wildman–Crippen LogP) is 1.40. The molecule has 0 aliphatic carbocycles. The molecule has 26 heavy (non-hydrogen) atoms. The molecule has 2 rings (SSSR count). The van der Waals surface area contributed by atoms with Gasteiger partial charge in [-0.25, -0.2) is 13.6 Å². The second-order valence-corrected chi connectivity index (χ2v) is 8.17. The Labute approximate surface area is 162 Å². The minimum absolute atomic E-state index is 0.